The number of ether oxygens (including phenoxy) is 1. The predicted octanol–water partition coefficient (Wildman–Crippen LogP) is 2.74. The van der Waals surface area contributed by atoms with Crippen molar-refractivity contribution in [3.8, 4) is 0 Å². The van der Waals surface area contributed by atoms with E-state index in [0.717, 1.165) is 57.3 Å². The maximum absolute atomic E-state index is 11.0. The van der Waals surface area contributed by atoms with Gasteiger partial charge in [-0.1, -0.05) is 12.1 Å². The van der Waals surface area contributed by atoms with E-state index >= 15 is 0 Å². The van der Waals surface area contributed by atoms with E-state index in [0.29, 0.717) is 5.92 Å². The molecule has 1 aliphatic rings. The van der Waals surface area contributed by atoms with Crippen LogP contribution in [0, 0.1) is 5.92 Å². The Hall–Kier alpha value is -1.35. The molecule has 1 atom stereocenters. The minimum Gasteiger partial charge on any atom is -0.384 e. The molecule has 146 valence electrons. The number of nitrogens with zero attached hydrogens (tertiary/aromatic N) is 2. The number of rotatable bonds is 7. The molecule has 2 N–H and O–H groups in total. The largest absolute Gasteiger partial charge is 0.384 e. The molecule has 1 saturated heterocycles. The molecule has 0 spiro atoms. The van der Waals surface area contributed by atoms with Crippen LogP contribution in [0.2, 0.25) is 0 Å². The third-order valence-corrected chi connectivity index (χ3v) is 4.26. The lowest BCUT2D eigenvalue weighted by atomic mass is 10.1. The smallest absolute Gasteiger partial charge is 0.221 e. The second-order valence-electron chi connectivity index (χ2n) is 6.42. The third kappa shape index (κ3) is 7.49. The molecule has 1 aromatic carbocycles. The van der Waals surface area contributed by atoms with Crippen LogP contribution in [0.3, 0.4) is 0 Å². The van der Waals surface area contributed by atoms with Crippen LogP contribution in [0.1, 0.15) is 25.8 Å². The van der Waals surface area contributed by atoms with Gasteiger partial charge in [0.15, 0.2) is 5.96 Å². The Morgan fingerprint density at radius 2 is 2.08 bits per heavy atom. The van der Waals surface area contributed by atoms with E-state index < -0.39 is 0 Å². The van der Waals surface area contributed by atoms with Crippen LogP contribution < -0.4 is 10.6 Å². The lowest BCUT2D eigenvalue weighted by molar-refractivity contribution is -0.114. The molecule has 6 nitrogen and oxygen atoms in total. The lowest BCUT2D eigenvalue weighted by Crippen LogP contribution is -2.40. The van der Waals surface area contributed by atoms with Gasteiger partial charge in [-0.2, -0.15) is 0 Å². The fourth-order valence-corrected chi connectivity index (χ4v) is 3.07. The molecule has 1 fully saturated rings. The van der Waals surface area contributed by atoms with Crippen LogP contribution in [0.15, 0.2) is 29.3 Å². The molecule has 1 aliphatic heterocycles. The molecular weight excluding hydrogens is 443 g/mol. The highest BCUT2D eigenvalue weighted by molar-refractivity contribution is 14.0. The number of benzene rings is 1. The number of aliphatic imine (C=N–C) groups is 1. The van der Waals surface area contributed by atoms with Gasteiger partial charge in [-0.15, -0.1) is 24.0 Å². The number of anilines is 1. The maximum Gasteiger partial charge on any atom is 0.221 e. The molecule has 0 aromatic heterocycles. The first-order valence-electron chi connectivity index (χ1n) is 9.01. The number of hydrogen-bond donors (Lipinski definition) is 2. The predicted molar refractivity (Wildman–Crippen MR) is 117 cm³/mol. The highest BCUT2D eigenvalue weighted by Crippen LogP contribution is 2.16. The second kappa shape index (κ2) is 12.1. The van der Waals surface area contributed by atoms with Gasteiger partial charge in [0.1, 0.15) is 0 Å². The zero-order valence-electron chi connectivity index (χ0n) is 16.0. The van der Waals surface area contributed by atoms with E-state index in [1.807, 2.05) is 24.3 Å². The minimum atomic E-state index is -0.0509. The van der Waals surface area contributed by atoms with Crippen molar-refractivity contribution in [3.63, 3.8) is 0 Å². The van der Waals surface area contributed by atoms with E-state index in [9.17, 15) is 4.79 Å². The van der Waals surface area contributed by atoms with Crippen molar-refractivity contribution in [2.24, 2.45) is 10.9 Å². The molecule has 1 heterocycles. The number of carbonyl (C=O) groups excluding carboxylic acids is 1. The standard InChI is InChI=1S/C19H30N4O2.HI/c1-4-20-19(23-12-10-17(13-23)14-25-3)21-11-9-16-5-7-18(8-6-16)22-15(2)24;/h5-8,17H,4,9-14H2,1-3H3,(H,20,21)(H,22,24);1H. The topological polar surface area (TPSA) is 66.0 Å². The average molecular weight is 474 g/mol. The lowest BCUT2D eigenvalue weighted by Gasteiger charge is -2.21. The quantitative estimate of drug-likeness (QED) is 0.363. The van der Waals surface area contributed by atoms with E-state index in [1.165, 1.54) is 12.5 Å². The fraction of sp³-hybridized carbons (Fsp3) is 0.579. The van der Waals surface area contributed by atoms with Crippen LogP contribution in [0.25, 0.3) is 0 Å². The van der Waals surface area contributed by atoms with Gasteiger partial charge in [0, 0.05) is 51.8 Å². The fourth-order valence-electron chi connectivity index (χ4n) is 3.07. The van der Waals surface area contributed by atoms with Gasteiger partial charge in [-0.25, -0.2) is 0 Å². The van der Waals surface area contributed by atoms with Crippen molar-refractivity contribution in [1.82, 2.24) is 10.2 Å². The number of halogens is 1. The summed E-state index contributed by atoms with van der Waals surface area (Å²) in [7, 11) is 1.76. The SMILES string of the molecule is CCNC(=NCCc1ccc(NC(C)=O)cc1)N1CCC(COC)C1.I. The van der Waals surface area contributed by atoms with Crippen molar-refractivity contribution in [2.75, 3.05) is 45.2 Å². The summed E-state index contributed by atoms with van der Waals surface area (Å²) in [6.07, 6.45) is 2.04. The van der Waals surface area contributed by atoms with Crippen LogP contribution in [-0.4, -0.2) is 56.7 Å². The summed E-state index contributed by atoms with van der Waals surface area (Å²) < 4.78 is 5.27. The van der Waals surface area contributed by atoms with E-state index in [2.05, 4.69) is 22.5 Å². The number of likely N-dealkylation sites (tertiary alicyclic amines) is 1. The van der Waals surface area contributed by atoms with Crippen molar-refractivity contribution >= 4 is 41.5 Å². The molecule has 0 aliphatic carbocycles. The Morgan fingerprint density at radius 3 is 2.69 bits per heavy atom. The summed E-state index contributed by atoms with van der Waals surface area (Å²) in [6, 6.07) is 7.94. The summed E-state index contributed by atoms with van der Waals surface area (Å²) in [5.41, 5.74) is 2.04. The summed E-state index contributed by atoms with van der Waals surface area (Å²) in [5, 5.41) is 6.17. The van der Waals surface area contributed by atoms with Gasteiger partial charge in [-0.05, 0) is 37.5 Å². The average Bonchev–Trinajstić information content (AvgIpc) is 3.04. The van der Waals surface area contributed by atoms with Crippen molar-refractivity contribution in [2.45, 2.75) is 26.7 Å². The van der Waals surface area contributed by atoms with Gasteiger partial charge in [0.05, 0.1) is 6.61 Å². The van der Waals surface area contributed by atoms with Crippen LogP contribution in [0.4, 0.5) is 5.69 Å². The van der Waals surface area contributed by atoms with Crippen LogP contribution in [0.5, 0.6) is 0 Å². The van der Waals surface area contributed by atoms with Gasteiger partial charge < -0.3 is 20.3 Å². The van der Waals surface area contributed by atoms with Gasteiger partial charge in [-0.3, -0.25) is 9.79 Å². The molecule has 1 aromatic rings. The first-order chi connectivity index (χ1) is 12.1. The summed E-state index contributed by atoms with van der Waals surface area (Å²) in [6.45, 7) is 8.08. The van der Waals surface area contributed by atoms with Crippen molar-refractivity contribution < 1.29 is 9.53 Å². The Bertz CT molecular complexity index is 577. The molecule has 2 rings (SSSR count). The van der Waals surface area contributed by atoms with Gasteiger partial charge in [0.25, 0.3) is 0 Å². The number of amides is 1. The first-order valence-corrected chi connectivity index (χ1v) is 9.01. The zero-order chi connectivity index (χ0) is 18.1. The Morgan fingerprint density at radius 1 is 1.35 bits per heavy atom. The number of nitrogens with one attached hydrogen (secondary N) is 2. The van der Waals surface area contributed by atoms with E-state index in [4.69, 9.17) is 9.73 Å². The van der Waals surface area contributed by atoms with Crippen LogP contribution >= 0.6 is 24.0 Å². The molecule has 0 saturated carbocycles. The van der Waals surface area contributed by atoms with E-state index in [-0.39, 0.29) is 29.9 Å². The normalized spacial score (nSPS) is 17.0. The minimum absolute atomic E-state index is 0. The third-order valence-electron chi connectivity index (χ3n) is 4.26. The van der Waals surface area contributed by atoms with Gasteiger partial charge >= 0.3 is 0 Å². The monoisotopic (exact) mass is 474 g/mol. The van der Waals surface area contributed by atoms with Crippen molar-refractivity contribution in [1.29, 1.82) is 0 Å². The highest BCUT2D eigenvalue weighted by Gasteiger charge is 2.24. The summed E-state index contributed by atoms with van der Waals surface area (Å²) in [5.74, 6) is 1.54. The Balaban J connectivity index is 0.00000338. The molecule has 1 unspecified atom stereocenters. The molecular formula is C19H31IN4O2. The number of carbonyl (C=O) groups is 1. The number of guanidine groups is 1. The molecule has 7 heteroatoms. The molecule has 0 radical (unpaired) electrons. The summed E-state index contributed by atoms with van der Waals surface area (Å²) in [4.78, 5) is 18.2. The molecule has 0 bridgehead atoms. The van der Waals surface area contributed by atoms with Crippen molar-refractivity contribution in [3.05, 3.63) is 29.8 Å². The first kappa shape index (κ1) is 22.7. The summed E-state index contributed by atoms with van der Waals surface area (Å²) >= 11 is 0. The maximum atomic E-state index is 11.0. The Kier molecular flexibility index (Phi) is 10.6. The second-order valence-corrected chi connectivity index (χ2v) is 6.42. The Labute approximate surface area is 173 Å². The highest BCUT2D eigenvalue weighted by atomic mass is 127. The number of hydrogen-bond acceptors (Lipinski definition) is 3. The zero-order valence-corrected chi connectivity index (χ0v) is 18.3. The molecule has 26 heavy (non-hydrogen) atoms. The van der Waals surface area contributed by atoms with Crippen LogP contribution in [-0.2, 0) is 16.0 Å². The molecule has 1 amide bonds. The van der Waals surface area contributed by atoms with Gasteiger partial charge in [0.2, 0.25) is 5.91 Å². The number of methoxy groups -OCH3 is 1. The van der Waals surface area contributed by atoms with E-state index in [1.54, 1.807) is 7.11 Å².